The van der Waals surface area contributed by atoms with E-state index in [4.69, 9.17) is 14.2 Å². The molecule has 0 aliphatic heterocycles. The van der Waals surface area contributed by atoms with Gasteiger partial charge in [-0.05, 0) is 44.9 Å². The van der Waals surface area contributed by atoms with Gasteiger partial charge in [0.15, 0.2) is 6.10 Å². The van der Waals surface area contributed by atoms with Crippen LogP contribution in [0.1, 0.15) is 445 Å². The Morgan fingerprint density at radius 1 is 0.229 bits per heavy atom. The highest BCUT2D eigenvalue weighted by Crippen LogP contribution is 2.20. The molecule has 1 atom stereocenters. The molecule has 0 aromatic rings. The zero-order valence-corrected chi connectivity index (χ0v) is 56.8. The molecule has 0 radical (unpaired) electrons. The van der Waals surface area contributed by atoms with E-state index in [1.807, 2.05) is 0 Å². The van der Waals surface area contributed by atoms with E-state index >= 15 is 0 Å². The number of carbonyl (C=O) groups is 3. The molecule has 0 saturated heterocycles. The molecule has 0 N–H and O–H groups in total. The Bertz CT molecular complexity index is 1300. The average Bonchev–Trinajstić information content (AvgIpc) is 3.50. The summed E-state index contributed by atoms with van der Waals surface area (Å²) < 4.78 is 17.0. The van der Waals surface area contributed by atoms with Gasteiger partial charge < -0.3 is 14.2 Å². The summed E-state index contributed by atoms with van der Waals surface area (Å²) in [4.78, 5) is 38.5. The van der Waals surface area contributed by atoms with Gasteiger partial charge in [0, 0.05) is 19.3 Å². The smallest absolute Gasteiger partial charge is 0.306 e. The largest absolute Gasteiger partial charge is 0.462 e. The first-order valence-electron chi connectivity index (χ1n) is 38.2. The molecule has 0 amide bonds. The third-order valence-corrected chi connectivity index (χ3v) is 17.8. The third kappa shape index (κ3) is 70.8. The predicted octanol–water partition coefficient (Wildman–Crippen LogP) is 26.3. The summed E-state index contributed by atoms with van der Waals surface area (Å²) in [7, 11) is 0. The molecule has 0 aromatic heterocycles. The number of ether oxygens (including phenoxy) is 3. The first-order valence-corrected chi connectivity index (χ1v) is 38.2. The van der Waals surface area contributed by atoms with Gasteiger partial charge in [0.2, 0.25) is 0 Å². The van der Waals surface area contributed by atoms with E-state index in [1.165, 1.54) is 340 Å². The fraction of sp³-hybridized carbons (Fsp3) is 0.935. The van der Waals surface area contributed by atoms with Gasteiger partial charge in [0.1, 0.15) is 13.2 Å². The summed E-state index contributed by atoms with van der Waals surface area (Å²) >= 11 is 0. The maximum Gasteiger partial charge on any atom is 0.306 e. The van der Waals surface area contributed by atoms with E-state index in [9.17, 15) is 14.4 Å². The van der Waals surface area contributed by atoms with E-state index in [1.54, 1.807) is 0 Å². The Balaban J connectivity index is 4.23. The van der Waals surface area contributed by atoms with Crippen molar-refractivity contribution in [3.63, 3.8) is 0 Å². The van der Waals surface area contributed by atoms with Gasteiger partial charge in [-0.3, -0.25) is 14.4 Å². The molecule has 0 heterocycles. The van der Waals surface area contributed by atoms with Gasteiger partial charge in [0.25, 0.3) is 0 Å². The zero-order chi connectivity index (χ0) is 59.9. The molecular weight excluding hydrogens is 1020 g/mol. The van der Waals surface area contributed by atoms with Crippen LogP contribution in [0.4, 0.5) is 0 Å². The normalized spacial score (nSPS) is 12.0. The van der Waals surface area contributed by atoms with Crippen molar-refractivity contribution < 1.29 is 28.6 Å². The van der Waals surface area contributed by atoms with E-state index in [0.717, 1.165) is 64.2 Å². The second-order valence-electron chi connectivity index (χ2n) is 26.3. The fourth-order valence-corrected chi connectivity index (χ4v) is 12.0. The molecule has 0 rings (SSSR count). The molecule has 0 aliphatic carbocycles. The second kappa shape index (κ2) is 72.6. The Labute approximate surface area is 520 Å². The summed E-state index contributed by atoms with van der Waals surface area (Å²) in [5, 5.41) is 0. The lowest BCUT2D eigenvalue weighted by Crippen LogP contribution is -2.30. The molecule has 0 aromatic carbocycles. The molecule has 83 heavy (non-hydrogen) atoms. The standard InChI is InChI=1S/C77H148O6/c1-4-7-10-13-16-19-22-25-28-31-33-35-37-39-41-42-44-46-49-52-55-58-61-64-67-70-76(79)82-73-74(72-81-75(78)69-66-63-60-57-54-51-48-30-27-24-21-18-15-12-9-6-3)83-77(80)71-68-65-62-59-56-53-50-47-45-43-40-38-36-34-32-29-26-23-20-17-14-11-8-5-2/h30,48,74H,4-29,31-47,49-73H2,1-3H3/b48-30-. The number of hydrogen-bond donors (Lipinski definition) is 0. The van der Waals surface area contributed by atoms with Crippen molar-refractivity contribution in [2.45, 2.75) is 451 Å². The SMILES string of the molecule is CCCCCCCCC/C=C\CCCCCCCC(=O)OCC(COC(=O)CCCCCCCCCCCCCCCCCCCCCCCCCCC)OC(=O)CCCCCCCCCCCCCCCCCCCCCCCCCC. The monoisotopic (exact) mass is 1170 g/mol. The first kappa shape index (κ1) is 81.2. The zero-order valence-electron chi connectivity index (χ0n) is 56.8. The fourth-order valence-electron chi connectivity index (χ4n) is 12.0. The molecule has 0 aliphatic rings. The summed E-state index contributed by atoms with van der Waals surface area (Å²) in [5.74, 6) is -0.833. The van der Waals surface area contributed by atoms with Crippen molar-refractivity contribution in [3.8, 4) is 0 Å². The first-order chi connectivity index (χ1) is 41.0. The third-order valence-electron chi connectivity index (χ3n) is 17.8. The lowest BCUT2D eigenvalue weighted by atomic mass is 10.0. The van der Waals surface area contributed by atoms with E-state index < -0.39 is 6.10 Å². The summed E-state index contributed by atoms with van der Waals surface area (Å²) in [6.45, 7) is 6.74. The van der Waals surface area contributed by atoms with Crippen molar-refractivity contribution >= 4 is 17.9 Å². The van der Waals surface area contributed by atoms with Crippen LogP contribution in [-0.2, 0) is 28.6 Å². The molecular formula is C77H148O6. The number of carbonyl (C=O) groups excluding carboxylic acids is 3. The van der Waals surface area contributed by atoms with Gasteiger partial charge in [-0.15, -0.1) is 0 Å². The number of esters is 3. The van der Waals surface area contributed by atoms with Crippen LogP contribution in [0, 0.1) is 0 Å². The van der Waals surface area contributed by atoms with Crippen LogP contribution in [0.3, 0.4) is 0 Å². The van der Waals surface area contributed by atoms with Crippen LogP contribution in [0.25, 0.3) is 0 Å². The maximum atomic E-state index is 13.0. The molecule has 0 saturated carbocycles. The van der Waals surface area contributed by atoms with Crippen LogP contribution in [0.5, 0.6) is 0 Å². The van der Waals surface area contributed by atoms with Crippen molar-refractivity contribution in [3.05, 3.63) is 12.2 Å². The van der Waals surface area contributed by atoms with Gasteiger partial charge in [-0.1, -0.05) is 392 Å². The van der Waals surface area contributed by atoms with E-state index in [-0.39, 0.29) is 31.1 Å². The van der Waals surface area contributed by atoms with Gasteiger partial charge in [-0.25, -0.2) is 0 Å². The van der Waals surface area contributed by atoms with E-state index in [2.05, 4.69) is 32.9 Å². The van der Waals surface area contributed by atoms with Gasteiger partial charge in [-0.2, -0.15) is 0 Å². The highest BCUT2D eigenvalue weighted by Gasteiger charge is 2.20. The number of unbranched alkanes of at least 4 members (excludes halogenated alkanes) is 59. The van der Waals surface area contributed by atoms with Gasteiger partial charge in [0.05, 0.1) is 0 Å². The van der Waals surface area contributed by atoms with Gasteiger partial charge >= 0.3 is 17.9 Å². The van der Waals surface area contributed by atoms with E-state index in [0.29, 0.717) is 19.3 Å². The van der Waals surface area contributed by atoms with Crippen molar-refractivity contribution in [2.24, 2.45) is 0 Å². The molecule has 1 unspecified atom stereocenters. The summed E-state index contributed by atoms with van der Waals surface area (Å²) in [6.07, 6.45) is 88.3. The van der Waals surface area contributed by atoms with Crippen LogP contribution in [-0.4, -0.2) is 37.2 Å². The molecule has 0 fully saturated rings. The highest BCUT2D eigenvalue weighted by atomic mass is 16.6. The summed E-state index contributed by atoms with van der Waals surface area (Å²) in [5.41, 5.74) is 0. The van der Waals surface area contributed by atoms with Crippen molar-refractivity contribution in [1.82, 2.24) is 0 Å². The number of allylic oxidation sites excluding steroid dienone is 2. The predicted molar refractivity (Wildman–Crippen MR) is 363 cm³/mol. The summed E-state index contributed by atoms with van der Waals surface area (Å²) in [6, 6.07) is 0. The molecule has 0 spiro atoms. The molecule has 0 bridgehead atoms. The van der Waals surface area contributed by atoms with Crippen LogP contribution in [0.15, 0.2) is 12.2 Å². The topological polar surface area (TPSA) is 78.9 Å². The van der Waals surface area contributed by atoms with Crippen molar-refractivity contribution in [1.29, 1.82) is 0 Å². The van der Waals surface area contributed by atoms with Crippen molar-refractivity contribution in [2.75, 3.05) is 13.2 Å². The average molecular weight is 1170 g/mol. The molecule has 492 valence electrons. The Hall–Kier alpha value is -1.85. The van der Waals surface area contributed by atoms with Crippen LogP contribution in [0.2, 0.25) is 0 Å². The number of rotatable bonds is 72. The second-order valence-corrected chi connectivity index (χ2v) is 26.3. The lowest BCUT2D eigenvalue weighted by Gasteiger charge is -2.18. The lowest BCUT2D eigenvalue weighted by molar-refractivity contribution is -0.167. The molecule has 6 nitrogen and oxygen atoms in total. The minimum absolute atomic E-state index is 0.0653. The highest BCUT2D eigenvalue weighted by molar-refractivity contribution is 5.71. The number of hydrogen-bond acceptors (Lipinski definition) is 6. The quantitative estimate of drug-likeness (QED) is 0.0261. The maximum absolute atomic E-state index is 13.0. The Morgan fingerprint density at radius 2 is 0.398 bits per heavy atom. The minimum Gasteiger partial charge on any atom is -0.462 e. The minimum atomic E-state index is -0.771. The Morgan fingerprint density at radius 3 is 0.602 bits per heavy atom. The van der Waals surface area contributed by atoms with Crippen LogP contribution >= 0.6 is 0 Å². The van der Waals surface area contributed by atoms with Crippen LogP contribution < -0.4 is 0 Å². The molecule has 6 heteroatoms. The Kier molecular flexibility index (Phi) is 71.0.